The summed E-state index contributed by atoms with van der Waals surface area (Å²) in [6.07, 6.45) is 4.26. The molecular weight excluding hydrogens is 467 g/mol. The standard InChI is InChI=1S/C29H31BN2O5/c1-28(2)29(3,4)37-30(36-28)20(13-19-14-21(33)17-31-15-19)16-32-27(34)35-18-26-24-11-7-5-9-22(24)23-10-6-8-12-25(23)26/h5-15,17,26,33H,16,18H2,1-4H3,(H,32,34). The van der Waals surface area contributed by atoms with Crippen molar-refractivity contribution in [3.8, 4) is 16.9 Å². The summed E-state index contributed by atoms with van der Waals surface area (Å²) in [5, 5.41) is 12.7. The highest BCUT2D eigenvalue weighted by Gasteiger charge is 2.52. The Hall–Kier alpha value is -3.62. The lowest BCUT2D eigenvalue weighted by atomic mass is 9.77. The van der Waals surface area contributed by atoms with Crippen LogP contribution in [0.1, 0.15) is 50.3 Å². The average Bonchev–Trinajstić information content (AvgIpc) is 3.29. The number of rotatable bonds is 6. The van der Waals surface area contributed by atoms with E-state index in [9.17, 15) is 9.90 Å². The van der Waals surface area contributed by atoms with Gasteiger partial charge in [0.25, 0.3) is 0 Å². The summed E-state index contributed by atoms with van der Waals surface area (Å²) in [5.41, 5.74) is 4.93. The van der Waals surface area contributed by atoms with Crippen molar-refractivity contribution in [2.45, 2.75) is 44.8 Å². The molecule has 1 aromatic heterocycles. The van der Waals surface area contributed by atoms with Crippen LogP contribution in [0.5, 0.6) is 5.75 Å². The van der Waals surface area contributed by atoms with Crippen molar-refractivity contribution in [2.24, 2.45) is 0 Å². The van der Waals surface area contributed by atoms with Gasteiger partial charge in [0.05, 0.1) is 17.4 Å². The first-order chi connectivity index (χ1) is 17.6. The van der Waals surface area contributed by atoms with Gasteiger partial charge >= 0.3 is 13.2 Å². The summed E-state index contributed by atoms with van der Waals surface area (Å²) in [7, 11) is -0.679. The molecule has 3 aromatic rings. The van der Waals surface area contributed by atoms with Gasteiger partial charge in [-0.3, -0.25) is 4.98 Å². The van der Waals surface area contributed by atoms with Gasteiger partial charge in [0.2, 0.25) is 0 Å². The van der Waals surface area contributed by atoms with E-state index in [1.54, 1.807) is 18.3 Å². The predicted molar refractivity (Wildman–Crippen MR) is 143 cm³/mol. The highest BCUT2D eigenvalue weighted by atomic mass is 16.7. The molecule has 0 atom stereocenters. The van der Waals surface area contributed by atoms with E-state index in [2.05, 4.69) is 34.6 Å². The van der Waals surface area contributed by atoms with Crippen LogP contribution < -0.4 is 5.32 Å². The van der Waals surface area contributed by atoms with Crippen LogP contribution in [0.15, 0.2) is 72.5 Å². The number of aromatic nitrogens is 1. The maximum atomic E-state index is 12.8. The lowest BCUT2D eigenvalue weighted by Crippen LogP contribution is -2.41. The number of hydrogen-bond donors (Lipinski definition) is 2. The molecule has 1 amide bonds. The predicted octanol–water partition coefficient (Wildman–Crippen LogP) is 5.34. The van der Waals surface area contributed by atoms with Crippen LogP contribution in [0.25, 0.3) is 17.2 Å². The molecule has 37 heavy (non-hydrogen) atoms. The first kappa shape index (κ1) is 25.1. The van der Waals surface area contributed by atoms with Gasteiger partial charge in [-0.15, -0.1) is 0 Å². The van der Waals surface area contributed by atoms with E-state index in [0.29, 0.717) is 11.0 Å². The summed E-state index contributed by atoms with van der Waals surface area (Å²) in [6, 6.07) is 18.0. The third-order valence-electron chi connectivity index (χ3n) is 7.43. The molecule has 0 spiro atoms. The van der Waals surface area contributed by atoms with E-state index in [1.165, 1.54) is 17.3 Å². The Morgan fingerprint density at radius 2 is 1.62 bits per heavy atom. The molecule has 0 radical (unpaired) electrons. The molecule has 2 aromatic carbocycles. The summed E-state index contributed by atoms with van der Waals surface area (Å²) < 4.78 is 18.1. The minimum Gasteiger partial charge on any atom is -0.506 e. The van der Waals surface area contributed by atoms with Crippen LogP contribution in [-0.4, -0.2) is 47.7 Å². The number of aromatic hydroxyl groups is 1. The maximum Gasteiger partial charge on any atom is 0.492 e. The Bertz CT molecular complexity index is 1290. The molecule has 2 heterocycles. The number of amides is 1. The van der Waals surface area contributed by atoms with Crippen LogP contribution in [0, 0.1) is 0 Å². The van der Waals surface area contributed by atoms with E-state index in [0.717, 1.165) is 11.1 Å². The quantitative estimate of drug-likeness (QED) is 0.446. The number of carbonyl (C=O) groups is 1. The van der Waals surface area contributed by atoms with Crippen molar-refractivity contribution in [3.05, 3.63) is 89.2 Å². The fraction of sp³-hybridized carbons (Fsp3) is 0.310. The fourth-order valence-corrected chi connectivity index (χ4v) is 4.76. The highest BCUT2D eigenvalue weighted by Crippen LogP contribution is 2.44. The van der Waals surface area contributed by atoms with Gasteiger partial charge in [0.15, 0.2) is 0 Å². The first-order valence-corrected chi connectivity index (χ1v) is 12.4. The number of carbonyl (C=O) groups excluding carboxylic acids is 1. The van der Waals surface area contributed by atoms with Crippen LogP contribution >= 0.6 is 0 Å². The van der Waals surface area contributed by atoms with E-state index < -0.39 is 24.4 Å². The number of hydrogen-bond acceptors (Lipinski definition) is 6. The molecule has 7 nitrogen and oxygen atoms in total. The van der Waals surface area contributed by atoms with Crippen molar-refractivity contribution in [1.82, 2.24) is 10.3 Å². The number of nitrogens with one attached hydrogen (secondary N) is 1. The smallest absolute Gasteiger partial charge is 0.492 e. The molecule has 0 bridgehead atoms. The van der Waals surface area contributed by atoms with E-state index in [4.69, 9.17) is 14.0 Å². The van der Waals surface area contributed by atoms with Crippen molar-refractivity contribution in [1.29, 1.82) is 0 Å². The Labute approximate surface area is 217 Å². The lowest BCUT2D eigenvalue weighted by Gasteiger charge is -2.32. The molecular formula is C29H31BN2O5. The summed E-state index contributed by atoms with van der Waals surface area (Å²) in [6.45, 7) is 8.26. The zero-order valence-corrected chi connectivity index (χ0v) is 21.5. The molecule has 1 saturated heterocycles. The zero-order valence-electron chi connectivity index (χ0n) is 21.5. The maximum absolute atomic E-state index is 12.8. The number of nitrogens with zero attached hydrogens (tertiary/aromatic N) is 1. The second-order valence-electron chi connectivity index (χ2n) is 10.5. The Morgan fingerprint density at radius 3 is 2.22 bits per heavy atom. The fourth-order valence-electron chi connectivity index (χ4n) is 4.76. The topological polar surface area (TPSA) is 89.9 Å². The van der Waals surface area contributed by atoms with Crippen molar-refractivity contribution in [2.75, 3.05) is 13.2 Å². The van der Waals surface area contributed by atoms with Crippen molar-refractivity contribution < 1.29 is 23.9 Å². The molecule has 1 aliphatic heterocycles. The second kappa shape index (κ2) is 9.69. The molecule has 2 N–H and O–H groups in total. The third kappa shape index (κ3) is 4.99. The molecule has 1 aliphatic carbocycles. The molecule has 8 heteroatoms. The lowest BCUT2D eigenvalue weighted by molar-refractivity contribution is 0.00578. The van der Waals surface area contributed by atoms with E-state index >= 15 is 0 Å². The van der Waals surface area contributed by atoms with E-state index in [-0.39, 0.29) is 24.8 Å². The Morgan fingerprint density at radius 1 is 1.03 bits per heavy atom. The number of pyridine rings is 1. The molecule has 5 rings (SSSR count). The normalized spacial score (nSPS) is 17.8. The second-order valence-corrected chi connectivity index (χ2v) is 10.5. The number of alkyl carbamates (subject to hydrolysis) is 1. The highest BCUT2D eigenvalue weighted by molar-refractivity contribution is 6.56. The summed E-state index contributed by atoms with van der Waals surface area (Å²) in [4.78, 5) is 16.8. The van der Waals surface area contributed by atoms with Gasteiger partial charge in [0.1, 0.15) is 12.4 Å². The van der Waals surface area contributed by atoms with Gasteiger partial charge in [-0.05, 0) is 67.1 Å². The summed E-state index contributed by atoms with van der Waals surface area (Å²) >= 11 is 0. The Balaban J connectivity index is 1.29. The first-order valence-electron chi connectivity index (χ1n) is 12.4. The summed E-state index contributed by atoms with van der Waals surface area (Å²) in [5.74, 6) is 0.0288. The average molecular weight is 498 g/mol. The van der Waals surface area contributed by atoms with E-state index in [1.807, 2.05) is 52.0 Å². The molecule has 190 valence electrons. The molecule has 2 aliphatic rings. The van der Waals surface area contributed by atoms with Crippen LogP contribution in [-0.2, 0) is 14.0 Å². The minimum atomic E-state index is -0.679. The van der Waals surface area contributed by atoms with Gasteiger partial charge in [0, 0.05) is 18.7 Å². The number of ether oxygens (including phenoxy) is 1. The van der Waals surface area contributed by atoms with Crippen LogP contribution in [0.3, 0.4) is 0 Å². The van der Waals surface area contributed by atoms with Gasteiger partial charge in [-0.1, -0.05) is 54.6 Å². The molecule has 1 fully saturated rings. The number of fused-ring (bicyclic) bond motifs is 3. The molecule has 0 saturated carbocycles. The van der Waals surface area contributed by atoms with Crippen LogP contribution in [0.2, 0.25) is 0 Å². The molecule has 0 unspecified atom stereocenters. The van der Waals surface area contributed by atoms with Gasteiger partial charge in [-0.25, -0.2) is 4.79 Å². The largest absolute Gasteiger partial charge is 0.506 e. The Kier molecular flexibility index (Phi) is 6.56. The van der Waals surface area contributed by atoms with Crippen molar-refractivity contribution in [3.63, 3.8) is 0 Å². The third-order valence-corrected chi connectivity index (χ3v) is 7.43. The van der Waals surface area contributed by atoms with Gasteiger partial charge in [-0.2, -0.15) is 0 Å². The van der Waals surface area contributed by atoms with Crippen LogP contribution in [0.4, 0.5) is 4.79 Å². The van der Waals surface area contributed by atoms with Gasteiger partial charge < -0.3 is 24.5 Å². The minimum absolute atomic E-state index is 0.0189. The van der Waals surface area contributed by atoms with Crippen molar-refractivity contribution >= 4 is 19.3 Å². The monoisotopic (exact) mass is 498 g/mol. The zero-order chi connectivity index (χ0) is 26.2. The number of benzene rings is 2. The SMILES string of the molecule is CC1(C)OB(C(=Cc2cncc(O)c2)CNC(=O)OCC2c3ccccc3-c3ccccc32)OC1(C)C.